The van der Waals surface area contributed by atoms with Crippen molar-refractivity contribution in [1.29, 1.82) is 0 Å². The molecule has 3 saturated heterocycles. The fourth-order valence-corrected chi connectivity index (χ4v) is 10.6. The monoisotopic (exact) mass is 385 g/mol. The highest BCUT2D eigenvalue weighted by atomic mass is 16.6. The molecule has 3 aliphatic heterocycles. The standard InChI is InChI=1S/C22H27NO5/c1-9-5-20-7-21(27)18-19(3)6-12(25)17(28-10(2)24)22(18)13(20)4-11(9)15(26)14(20)16(22)23(21)8-19/h11-14,16-18,25,27H,1,4-8H2,2-3H3. The molecule has 9 rings (SSSR count). The van der Waals surface area contributed by atoms with Gasteiger partial charge in [-0.05, 0) is 42.4 Å². The Bertz CT molecular complexity index is 901. The van der Waals surface area contributed by atoms with Gasteiger partial charge in [-0.15, -0.1) is 0 Å². The van der Waals surface area contributed by atoms with Gasteiger partial charge >= 0.3 is 5.97 Å². The Morgan fingerprint density at radius 2 is 2.14 bits per heavy atom. The van der Waals surface area contributed by atoms with Gasteiger partial charge in [-0.1, -0.05) is 19.1 Å². The topological polar surface area (TPSA) is 87.1 Å². The predicted octanol–water partition coefficient (Wildman–Crippen LogP) is 0.863. The van der Waals surface area contributed by atoms with Crippen LogP contribution in [0.15, 0.2) is 12.2 Å². The minimum atomic E-state index is -0.963. The molecule has 0 radical (unpaired) electrons. The van der Waals surface area contributed by atoms with Gasteiger partial charge in [0.25, 0.3) is 0 Å². The van der Waals surface area contributed by atoms with Gasteiger partial charge in [-0.2, -0.15) is 0 Å². The van der Waals surface area contributed by atoms with E-state index in [-0.39, 0.29) is 52.3 Å². The number of fused-ring (bicyclic) bond motifs is 1. The van der Waals surface area contributed by atoms with Crippen molar-refractivity contribution in [2.75, 3.05) is 6.54 Å². The number of Topliss-reactive ketones (excluding diaryl/α,β-unsaturated/α-hetero) is 1. The average molecular weight is 385 g/mol. The maximum absolute atomic E-state index is 13.5. The summed E-state index contributed by atoms with van der Waals surface area (Å²) >= 11 is 0. The second kappa shape index (κ2) is 4.14. The maximum atomic E-state index is 13.5. The number of ether oxygens (including phenoxy) is 1. The average Bonchev–Trinajstić information content (AvgIpc) is 2.93. The smallest absolute Gasteiger partial charge is 0.303 e. The molecule has 9 bridgehead atoms. The number of nitrogens with zero attached hydrogens (tertiary/aromatic N) is 1. The van der Waals surface area contributed by atoms with Gasteiger partial charge in [0.05, 0.1) is 6.10 Å². The summed E-state index contributed by atoms with van der Waals surface area (Å²) in [6.45, 7) is 8.51. The van der Waals surface area contributed by atoms with Crippen LogP contribution in [0.1, 0.15) is 39.5 Å². The van der Waals surface area contributed by atoms with Gasteiger partial charge in [-0.3, -0.25) is 14.5 Å². The van der Waals surface area contributed by atoms with Gasteiger partial charge < -0.3 is 14.9 Å². The molecule has 12 unspecified atom stereocenters. The summed E-state index contributed by atoms with van der Waals surface area (Å²) in [6, 6.07) is -0.126. The summed E-state index contributed by atoms with van der Waals surface area (Å²) in [5, 5.41) is 23.2. The van der Waals surface area contributed by atoms with E-state index in [1.807, 2.05) is 0 Å². The zero-order chi connectivity index (χ0) is 19.6. The first-order valence-corrected chi connectivity index (χ1v) is 10.7. The Labute approximate surface area is 163 Å². The number of aliphatic hydroxyl groups is 2. The molecule has 2 spiro atoms. The lowest BCUT2D eigenvalue weighted by Gasteiger charge is -2.65. The van der Waals surface area contributed by atoms with Crippen molar-refractivity contribution in [3.05, 3.63) is 12.2 Å². The zero-order valence-corrected chi connectivity index (χ0v) is 16.4. The lowest BCUT2D eigenvalue weighted by molar-refractivity contribution is -0.255. The largest absolute Gasteiger partial charge is 0.459 e. The van der Waals surface area contributed by atoms with Crippen molar-refractivity contribution in [3.63, 3.8) is 0 Å². The Morgan fingerprint density at radius 1 is 1.39 bits per heavy atom. The van der Waals surface area contributed by atoms with E-state index in [9.17, 15) is 19.8 Å². The van der Waals surface area contributed by atoms with E-state index in [2.05, 4.69) is 18.4 Å². The molecule has 6 aliphatic carbocycles. The van der Waals surface area contributed by atoms with Gasteiger partial charge in [0.2, 0.25) is 0 Å². The van der Waals surface area contributed by atoms with Gasteiger partial charge in [0.1, 0.15) is 17.6 Å². The molecular formula is C22H27NO5. The zero-order valence-electron chi connectivity index (χ0n) is 16.4. The molecular weight excluding hydrogens is 358 g/mol. The van der Waals surface area contributed by atoms with Crippen LogP contribution in [0.4, 0.5) is 0 Å². The van der Waals surface area contributed by atoms with E-state index < -0.39 is 23.3 Å². The number of esters is 1. The first kappa shape index (κ1) is 16.5. The molecule has 12 atom stereocenters. The first-order valence-electron chi connectivity index (χ1n) is 10.7. The Hall–Kier alpha value is -1.24. The van der Waals surface area contributed by atoms with E-state index in [1.165, 1.54) is 6.92 Å². The fraction of sp³-hybridized carbons (Fsp3) is 0.818. The van der Waals surface area contributed by atoms with Crippen molar-refractivity contribution in [1.82, 2.24) is 4.90 Å². The van der Waals surface area contributed by atoms with Crippen molar-refractivity contribution in [2.45, 2.75) is 63.5 Å². The fourth-order valence-electron chi connectivity index (χ4n) is 10.6. The number of piperidine rings is 2. The van der Waals surface area contributed by atoms with Crippen molar-refractivity contribution in [2.24, 2.45) is 39.9 Å². The van der Waals surface area contributed by atoms with Crippen LogP contribution in [0, 0.1) is 39.9 Å². The van der Waals surface area contributed by atoms with Crippen LogP contribution in [0.25, 0.3) is 0 Å². The predicted molar refractivity (Wildman–Crippen MR) is 96.6 cm³/mol. The quantitative estimate of drug-likeness (QED) is 0.514. The van der Waals surface area contributed by atoms with Crippen LogP contribution in [0.5, 0.6) is 0 Å². The molecule has 150 valence electrons. The van der Waals surface area contributed by atoms with Crippen LogP contribution in [-0.2, 0) is 14.3 Å². The Kier molecular flexibility index (Phi) is 2.45. The van der Waals surface area contributed by atoms with Gasteiger partial charge in [0.15, 0.2) is 0 Å². The van der Waals surface area contributed by atoms with Crippen LogP contribution >= 0.6 is 0 Å². The van der Waals surface area contributed by atoms with E-state index in [0.717, 1.165) is 18.4 Å². The summed E-state index contributed by atoms with van der Waals surface area (Å²) in [7, 11) is 0. The first-order chi connectivity index (χ1) is 13.1. The van der Waals surface area contributed by atoms with Crippen molar-refractivity contribution < 1.29 is 24.5 Å². The van der Waals surface area contributed by atoms with Crippen LogP contribution < -0.4 is 0 Å². The van der Waals surface area contributed by atoms with Crippen LogP contribution in [0.3, 0.4) is 0 Å². The van der Waals surface area contributed by atoms with Crippen LogP contribution in [0.2, 0.25) is 0 Å². The highest BCUT2D eigenvalue weighted by Crippen LogP contribution is 2.88. The number of ketones is 1. The molecule has 0 aromatic rings. The highest BCUT2D eigenvalue weighted by molar-refractivity contribution is 5.92. The molecule has 3 heterocycles. The highest BCUT2D eigenvalue weighted by Gasteiger charge is 2.95. The SMILES string of the molecule is C=C1CC23CC4(O)C5C6(C)CC(O)C(OC(C)=O)C57C(C2C(=O)C1CC37)N4C6. The number of allylic oxidation sites excluding steroid dienone is 1. The Balaban J connectivity index is 1.54. The summed E-state index contributed by atoms with van der Waals surface area (Å²) in [6.07, 6.45) is 1.29. The second-order valence-corrected chi connectivity index (χ2v) is 11.3. The third kappa shape index (κ3) is 1.25. The van der Waals surface area contributed by atoms with E-state index >= 15 is 0 Å². The number of carbonyl (C=O) groups excluding carboxylic acids is 2. The van der Waals surface area contributed by atoms with Gasteiger partial charge in [-0.25, -0.2) is 0 Å². The normalized spacial score (nSPS) is 66.7. The summed E-state index contributed by atoms with van der Waals surface area (Å²) in [4.78, 5) is 27.8. The minimum Gasteiger partial charge on any atom is -0.459 e. The van der Waals surface area contributed by atoms with Crippen molar-refractivity contribution >= 4 is 11.8 Å². The minimum absolute atomic E-state index is 0.0636. The summed E-state index contributed by atoms with van der Waals surface area (Å²) in [5.41, 5.74) is -0.977. The Morgan fingerprint density at radius 3 is 2.86 bits per heavy atom. The van der Waals surface area contributed by atoms with E-state index in [4.69, 9.17) is 4.74 Å². The van der Waals surface area contributed by atoms with Crippen molar-refractivity contribution in [3.8, 4) is 0 Å². The number of hydrogen-bond donors (Lipinski definition) is 2. The number of carbonyl (C=O) groups is 2. The molecule has 0 aromatic carbocycles. The number of hydrogen-bond acceptors (Lipinski definition) is 6. The molecule has 9 aliphatic rings. The van der Waals surface area contributed by atoms with Crippen LogP contribution in [-0.4, -0.2) is 57.4 Å². The third-order valence-electron chi connectivity index (χ3n) is 10.3. The number of aliphatic hydroxyl groups excluding tert-OH is 1. The molecule has 0 aromatic heterocycles. The van der Waals surface area contributed by atoms with Gasteiger partial charge in [0, 0.05) is 42.7 Å². The maximum Gasteiger partial charge on any atom is 0.303 e. The second-order valence-electron chi connectivity index (χ2n) is 11.3. The van der Waals surface area contributed by atoms with E-state index in [1.54, 1.807) is 0 Å². The molecule has 0 amide bonds. The lowest BCUT2D eigenvalue weighted by atomic mass is 9.39. The lowest BCUT2D eigenvalue weighted by Crippen LogP contribution is -2.69. The summed E-state index contributed by atoms with van der Waals surface area (Å²) in [5.74, 6) is -0.207. The third-order valence-corrected chi connectivity index (χ3v) is 10.3. The number of rotatable bonds is 1. The molecule has 2 N–H and O–H groups in total. The molecule has 6 heteroatoms. The van der Waals surface area contributed by atoms with E-state index in [0.29, 0.717) is 19.4 Å². The molecule has 9 fully saturated rings. The summed E-state index contributed by atoms with van der Waals surface area (Å²) < 4.78 is 5.86. The molecule has 6 saturated carbocycles. The molecule has 28 heavy (non-hydrogen) atoms. The molecule has 6 nitrogen and oxygen atoms in total.